The lowest BCUT2D eigenvalue weighted by Crippen LogP contribution is -2.14. The van der Waals surface area contributed by atoms with Gasteiger partial charge in [0.25, 0.3) is 5.22 Å². The normalized spacial score (nSPS) is 11.5. The molecule has 0 atom stereocenters. The maximum atomic E-state index is 12.0. The van der Waals surface area contributed by atoms with Crippen LogP contribution in [0, 0.1) is 0 Å². The van der Waals surface area contributed by atoms with E-state index in [0.717, 1.165) is 11.8 Å². The number of hydrogen-bond donors (Lipinski definition) is 1. The zero-order valence-electron chi connectivity index (χ0n) is 12.7. The second kappa shape index (κ2) is 6.66. The van der Waals surface area contributed by atoms with Crippen molar-refractivity contribution in [2.45, 2.75) is 10.1 Å². The van der Waals surface area contributed by atoms with Gasteiger partial charge in [-0.3, -0.25) is 4.79 Å². The number of anilines is 1. The Morgan fingerprint density at radius 2 is 1.88 bits per heavy atom. The summed E-state index contributed by atoms with van der Waals surface area (Å²) in [4.78, 5) is 16.5. The summed E-state index contributed by atoms with van der Waals surface area (Å²) in [7, 11) is -3.24. The molecule has 3 rings (SSSR count). The molecule has 2 aromatic carbocycles. The van der Waals surface area contributed by atoms with Gasteiger partial charge in [-0.05, 0) is 36.4 Å². The Bertz CT molecular complexity index is 946. The summed E-state index contributed by atoms with van der Waals surface area (Å²) in [5.41, 5.74) is 1.96. The Kier molecular flexibility index (Phi) is 4.59. The van der Waals surface area contributed by atoms with Crippen molar-refractivity contribution in [1.29, 1.82) is 0 Å². The topological polar surface area (TPSA) is 89.3 Å². The highest BCUT2D eigenvalue weighted by atomic mass is 32.2. The van der Waals surface area contributed by atoms with Crippen molar-refractivity contribution in [3.63, 3.8) is 0 Å². The summed E-state index contributed by atoms with van der Waals surface area (Å²) in [5, 5.41) is 3.13. The van der Waals surface area contributed by atoms with Gasteiger partial charge >= 0.3 is 0 Å². The molecule has 0 saturated heterocycles. The van der Waals surface area contributed by atoms with Crippen LogP contribution in [0.4, 0.5) is 5.69 Å². The van der Waals surface area contributed by atoms with Gasteiger partial charge in [0.05, 0.1) is 10.6 Å². The molecular formula is C16H14N2O4S2. The SMILES string of the molecule is CS(=O)(=O)c1ccc(NC(=O)CSc2nc3ccccc3o2)cc1. The Hall–Kier alpha value is -2.32. The van der Waals surface area contributed by atoms with Crippen LogP contribution in [0.15, 0.2) is 63.1 Å². The molecule has 3 aromatic rings. The van der Waals surface area contributed by atoms with Crippen LogP contribution in [0.3, 0.4) is 0 Å². The lowest BCUT2D eigenvalue weighted by atomic mass is 10.3. The van der Waals surface area contributed by atoms with E-state index in [1.54, 1.807) is 12.1 Å². The summed E-state index contributed by atoms with van der Waals surface area (Å²) < 4.78 is 28.3. The van der Waals surface area contributed by atoms with Gasteiger partial charge in [-0.15, -0.1) is 0 Å². The van der Waals surface area contributed by atoms with Crippen LogP contribution in [0.1, 0.15) is 0 Å². The van der Waals surface area contributed by atoms with Crippen LogP contribution in [0.2, 0.25) is 0 Å². The third-order valence-corrected chi connectivity index (χ3v) is 5.12. The molecule has 0 radical (unpaired) electrons. The van der Waals surface area contributed by atoms with Gasteiger partial charge in [-0.25, -0.2) is 13.4 Å². The minimum atomic E-state index is -3.24. The molecule has 124 valence electrons. The summed E-state index contributed by atoms with van der Waals surface area (Å²) >= 11 is 1.20. The summed E-state index contributed by atoms with van der Waals surface area (Å²) in [6, 6.07) is 13.4. The van der Waals surface area contributed by atoms with E-state index in [0.29, 0.717) is 16.5 Å². The summed E-state index contributed by atoms with van der Waals surface area (Å²) in [6.07, 6.45) is 1.14. The number of thioether (sulfide) groups is 1. The molecule has 0 aliphatic rings. The molecule has 1 heterocycles. The van der Waals surface area contributed by atoms with Crippen molar-refractivity contribution in [2.24, 2.45) is 0 Å². The van der Waals surface area contributed by atoms with E-state index in [1.165, 1.54) is 23.9 Å². The maximum absolute atomic E-state index is 12.0. The average Bonchev–Trinajstić information content (AvgIpc) is 2.95. The predicted octanol–water partition coefficient (Wildman–Crippen LogP) is 2.96. The third-order valence-electron chi connectivity index (χ3n) is 3.17. The van der Waals surface area contributed by atoms with Crippen LogP contribution in [-0.4, -0.2) is 31.3 Å². The second-order valence-corrected chi connectivity index (χ2v) is 8.02. The minimum Gasteiger partial charge on any atom is -0.431 e. The first-order valence-electron chi connectivity index (χ1n) is 7.00. The molecule has 6 nitrogen and oxygen atoms in total. The average molecular weight is 362 g/mol. The molecule has 24 heavy (non-hydrogen) atoms. The number of nitrogens with one attached hydrogen (secondary N) is 1. The fourth-order valence-corrected chi connectivity index (χ4v) is 3.29. The van der Waals surface area contributed by atoms with E-state index in [1.807, 2.05) is 24.3 Å². The van der Waals surface area contributed by atoms with E-state index < -0.39 is 9.84 Å². The molecule has 1 amide bonds. The zero-order chi connectivity index (χ0) is 17.2. The largest absolute Gasteiger partial charge is 0.431 e. The smallest absolute Gasteiger partial charge is 0.257 e. The number of sulfone groups is 1. The van der Waals surface area contributed by atoms with Crippen molar-refractivity contribution in [2.75, 3.05) is 17.3 Å². The number of fused-ring (bicyclic) bond motifs is 1. The van der Waals surface area contributed by atoms with Gasteiger partial charge in [0.1, 0.15) is 5.52 Å². The van der Waals surface area contributed by atoms with Crippen LogP contribution >= 0.6 is 11.8 Å². The first-order chi connectivity index (χ1) is 11.4. The molecule has 1 N–H and O–H groups in total. The van der Waals surface area contributed by atoms with E-state index in [2.05, 4.69) is 10.3 Å². The standard InChI is InChI=1S/C16H14N2O4S2/c1-24(20,21)12-8-6-11(7-9-12)17-15(19)10-23-16-18-13-4-2-3-5-14(13)22-16/h2-9H,10H2,1H3,(H,17,19). The molecule has 0 fully saturated rings. The second-order valence-electron chi connectivity index (χ2n) is 5.08. The number of aromatic nitrogens is 1. The van der Waals surface area contributed by atoms with E-state index in [-0.39, 0.29) is 16.6 Å². The first-order valence-corrected chi connectivity index (χ1v) is 9.88. The quantitative estimate of drug-likeness (QED) is 0.702. The number of amides is 1. The highest BCUT2D eigenvalue weighted by molar-refractivity contribution is 7.99. The molecule has 0 spiro atoms. The Balaban J connectivity index is 1.59. The molecule has 0 aliphatic heterocycles. The number of benzene rings is 2. The number of hydrogen-bond acceptors (Lipinski definition) is 6. The van der Waals surface area contributed by atoms with Crippen LogP contribution in [0.25, 0.3) is 11.1 Å². The van der Waals surface area contributed by atoms with E-state index in [4.69, 9.17) is 4.42 Å². The Labute approximate surface area is 143 Å². The number of para-hydroxylation sites is 2. The predicted molar refractivity (Wildman–Crippen MR) is 92.9 cm³/mol. The van der Waals surface area contributed by atoms with Crippen LogP contribution in [0.5, 0.6) is 0 Å². The van der Waals surface area contributed by atoms with Gasteiger partial charge in [0.2, 0.25) is 5.91 Å². The molecule has 0 aliphatic carbocycles. The highest BCUT2D eigenvalue weighted by Crippen LogP contribution is 2.23. The van der Waals surface area contributed by atoms with Crippen molar-refractivity contribution in [1.82, 2.24) is 4.98 Å². The van der Waals surface area contributed by atoms with Crippen molar-refractivity contribution < 1.29 is 17.6 Å². The van der Waals surface area contributed by atoms with Crippen molar-refractivity contribution >= 4 is 44.3 Å². The Morgan fingerprint density at radius 3 is 2.54 bits per heavy atom. The third kappa shape index (κ3) is 3.95. The molecular weight excluding hydrogens is 348 g/mol. The molecule has 0 unspecified atom stereocenters. The fourth-order valence-electron chi connectivity index (χ4n) is 2.02. The van der Waals surface area contributed by atoms with Crippen LogP contribution < -0.4 is 5.32 Å². The number of rotatable bonds is 5. The minimum absolute atomic E-state index is 0.140. The molecule has 1 aromatic heterocycles. The summed E-state index contributed by atoms with van der Waals surface area (Å²) in [5.74, 6) is -0.0879. The van der Waals surface area contributed by atoms with Crippen molar-refractivity contribution in [3.05, 3.63) is 48.5 Å². The highest BCUT2D eigenvalue weighted by Gasteiger charge is 2.10. The van der Waals surface area contributed by atoms with Gasteiger partial charge < -0.3 is 9.73 Å². The lowest BCUT2D eigenvalue weighted by Gasteiger charge is -2.05. The number of carbonyl (C=O) groups excluding carboxylic acids is 1. The fraction of sp³-hybridized carbons (Fsp3) is 0.125. The van der Waals surface area contributed by atoms with Gasteiger partial charge in [-0.2, -0.15) is 0 Å². The number of oxazole rings is 1. The van der Waals surface area contributed by atoms with E-state index in [9.17, 15) is 13.2 Å². The van der Waals surface area contributed by atoms with Gasteiger partial charge in [0, 0.05) is 11.9 Å². The molecule has 0 bridgehead atoms. The Morgan fingerprint density at radius 1 is 1.17 bits per heavy atom. The molecule has 8 heteroatoms. The number of carbonyl (C=O) groups is 1. The first kappa shape index (κ1) is 16.5. The molecule has 0 saturated carbocycles. The van der Waals surface area contributed by atoms with Gasteiger partial charge in [-0.1, -0.05) is 23.9 Å². The monoisotopic (exact) mass is 362 g/mol. The van der Waals surface area contributed by atoms with E-state index >= 15 is 0 Å². The number of nitrogens with zero attached hydrogens (tertiary/aromatic N) is 1. The zero-order valence-corrected chi connectivity index (χ0v) is 14.4. The summed E-state index contributed by atoms with van der Waals surface area (Å²) in [6.45, 7) is 0. The lowest BCUT2D eigenvalue weighted by molar-refractivity contribution is -0.113. The van der Waals surface area contributed by atoms with Crippen molar-refractivity contribution in [3.8, 4) is 0 Å². The van der Waals surface area contributed by atoms with Crippen LogP contribution in [-0.2, 0) is 14.6 Å². The van der Waals surface area contributed by atoms with Gasteiger partial charge in [0.15, 0.2) is 15.4 Å². The maximum Gasteiger partial charge on any atom is 0.257 e.